The second-order valence-electron chi connectivity index (χ2n) is 4.09. The van der Waals surface area contributed by atoms with Gasteiger partial charge < -0.3 is 0 Å². The highest BCUT2D eigenvalue weighted by Gasteiger charge is 2.35. The first kappa shape index (κ1) is 15.0. The Bertz CT molecular complexity index is 470. The van der Waals surface area contributed by atoms with Gasteiger partial charge in [0.1, 0.15) is 0 Å². The molecule has 0 fully saturated rings. The van der Waals surface area contributed by atoms with Crippen molar-refractivity contribution in [2.24, 2.45) is 0 Å². The predicted octanol–water partition coefficient (Wildman–Crippen LogP) is 5.05. The van der Waals surface area contributed by atoms with Gasteiger partial charge in [-0.2, -0.15) is 18.4 Å². The molecule has 0 atom stereocenters. The van der Waals surface area contributed by atoms with Crippen molar-refractivity contribution in [2.75, 3.05) is 0 Å². The van der Waals surface area contributed by atoms with Crippen molar-refractivity contribution in [1.29, 1.82) is 5.26 Å². The van der Waals surface area contributed by atoms with Crippen molar-refractivity contribution >= 4 is 15.9 Å². The van der Waals surface area contributed by atoms with E-state index >= 15 is 0 Å². The Balaban J connectivity index is 3.45. The van der Waals surface area contributed by atoms with E-state index in [0.29, 0.717) is 22.9 Å². The van der Waals surface area contributed by atoms with Crippen molar-refractivity contribution in [3.8, 4) is 6.07 Å². The van der Waals surface area contributed by atoms with E-state index in [0.717, 1.165) is 12.1 Å². The van der Waals surface area contributed by atoms with E-state index in [-0.39, 0.29) is 0 Å². The number of halogens is 4. The van der Waals surface area contributed by atoms with Crippen molar-refractivity contribution < 1.29 is 13.2 Å². The van der Waals surface area contributed by atoms with Crippen molar-refractivity contribution in [2.45, 2.75) is 38.3 Å². The Kier molecular flexibility index (Phi) is 4.44. The number of nitriles is 1. The van der Waals surface area contributed by atoms with E-state index in [1.165, 1.54) is 6.07 Å². The highest BCUT2D eigenvalue weighted by atomic mass is 79.9. The normalized spacial score (nSPS) is 12.3. The summed E-state index contributed by atoms with van der Waals surface area (Å²) in [5.41, 5.74) is -1.19. The minimum Gasteiger partial charge on any atom is -0.197 e. The van der Waals surface area contributed by atoms with E-state index in [9.17, 15) is 18.4 Å². The van der Waals surface area contributed by atoms with Gasteiger partial charge in [-0.25, -0.2) is 0 Å². The molecular formula is C13H13BrF3N. The topological polar surface area (TPSA) is 23.8 Å². The molecule has 0 aromatic heterocycles. The molecule has 1 aromatic carbocycles. The van der Waals surface area contributed by atoms with Gasteiger partial charge in [0.15, 0.2) is 0 Å². The molecule has 1 aromatic rings. The number of hydrogen-bond donors (Lipinski definition) is 0. The summed E-state index contributed by atoms with van der Waals surface area (Å²) in [5, 5.41) is 9.30. The first-order valence-electron chi connectivity index (χ1n) is 5.59. The molecule has 18 heavy (non-hydrogen) atoms. The van der Waals surface area contributed by atoms with Crippen LogP contribution in [0.25, 0.3) is 0 Å². The predicted molar refractivity (Wildman–Crippen MR) is 67.0 cm³/mol. The Morgan fingerprint density at radius 3 is 2.17 bits per heavy atom. The van der Waals surface area contributed by atoms with E-state index in [2.05, 4.69) is 22.0 Å². The van der Waals surface area contributed by atoms with Gasteiger partial charge >= 0.3 is 6.18 Å². The van der Waals surface area contributed by atoms with Crippen LogP contribution in [0.5, 0.6) is 0 Å². The minimum absolute atomic E-state index is 0.407. The molecule has 0 spiro atoms. The molecule has 0 saturated carbocycles. The Morgan fingerprint density at radius 1 is 1.22 bits per heavy atom. The molecule has 0 N–H and O–H groups in total. The molecule has 1 nitrogen and oxygen atoms in total. The third-order valence-electron chi connectivity index (χ3n) is 3.23. The van der Waals surface area contributed by atoms with E-state index < -0.39 is 17.2 Å². The molecule has 0 radical (unpaired) electrons. The summed E-state index contributed by atoms with van der Waals surface area (Å²) in [6.07, 6.45) is -3.45. The van der Waals surface area contributed by atoms with Crippen molar-refractivity contribution in [3.05, 3.63) is 33.8 Å². The Morgan fingerprint density at radius 2 is 1.78 bits per heavy atom. The highest BCUT2D eigenvalue weighted by Crippen LogP contribution is 2.39. The summed E-state index contributed by atoms with van der Waals surface area (Å²) in [4.78, 5) is 0. The number of alkyl halides is 3. The van der Waals surface area contributed by atoms with Gasteiger partial charge in [-0.15, -0.1) is 0 Å². The van der Waals surface area contributed by atoms with Crippen LogP contribution in [0.1, 0.15) is 37.8 Å². The second-order valence-corrected chi connectivity index (χ2v) is 4.95. The third kappa shape index (κ3) is 2.69. The van der Waals surface area contributed by atoms with Gasteiger partial charge in [-0.3, -0.25) is 0 Å². The van der Waals surface area contributed by atoms with Crippen LogP contribution in [0.15, 0.2) is 22.7 Å². The fourth-order valence-electron chi connectivity index (χ4n) is 1.92. The van der Waals surface area contributed by atoms with Crippen molar-refractivity contribution in [1.82, 2.24) is 0 Å². The molecule has 98 valence electrons. The number of hydrogen-bond acceptors (Lipinski definition) is 1. The van der Waals surface area contributed by atoms with Crippen LogP contribution < -0.4 is 0 Å². The van der Waals surface area contributed by atoms with Gasteiger partial charge in [-0.1, -0.05) is 29.8 Å². The maximum atomic E-state index is 12.7. The first-order chi connectivity index (χ1) is 8.30. The fraction of sp³-hybridized carbons (Fsp3) is 0.462. The molecule has 0 aliphatic heterocycles. The summed E-state index contributed by atoms with van der Waals surface area (Å²) in [6.45, 7) is 3.61. The zero-order chi connectivity index (χ0) is 14.0. The van der Waals surface area contributed by atoms with Gasteiger partial charge in [0.2, 0.25) is 0 Å². The summed E-state index contributed by atoms with van der Waals surface area (Å²) in [5.74, 6) is 0. The monoisotopic (exact) mass is 319 g/mol. The molecule has 5 heteroatoms. The number of benzene rings is 1. The summed E-state index contributed by atoms with van der Waals surface area (Å²) >= 11 is 3.24. The lowest BCUT2D eigenvalue weighted by Gasteiger charge is -2.26. The maximum absolute atomic E-state index is 12.7. The molecule has 0 saturated heterocycles. The molecule has 0 aliphatic carbocycles. The van der Waals surface area contributed by atoms with Crippen LogP contribution in [0.2, 0.25) is 0 Å². The smallest absolute Gasteiger partial charge is 0.197 e. The van der Waals surface area contributed by atoms with Crippen LogP contribution in [0, 0.1) is 11.3 Å². The van der Waals surface area contributed by atoms with E-state index in [1.54, 1.807) is 13.8 Å². The zero-order valence-electron chi connectivity index (χ0n) is 10.1. The van der Waals surface area contributed by atoms with Gasteiger partial charge in [0, 0.05) is 4.47 Å². The van der Waals surface area contributed by atoms with E-state index in [4.69, 9.17) is 0 Å². The minimum atomic E-state index is -4.39. The molecule has 0 aliphatic rings. The second kappa shape index (κ2) is 5.31. The average Bonchev–Trinajstić information content (AvgIpc) is 2.32. The summed E-state index contributed by atoms with van der Waals surface area (Å²) in [7, 11) is 0. The fourth-order valence-corrected chi connectivity index (χ4v) is 2.54. The SMILES string of the molecule is CCC(C#N)(CC)c1cc(C(F)(F)F)ccc1Br. The van der Waals surface area contributed by atoms with Gasteiger partial charge in [0.05, 0.1) is 17.0 Å². The summed E-state index contributed by atoms with van der Waals surface area (Å²) < 4.78 is 38.6. The Hall–Kier alpha value is -1.02. The average molecular weight is 320 g/mol. The van der Waals surface area contributed by atoms with Gasteiger partial charge in [0.25, 0.3) is 0 Å². The first-order valence-corrected chi connectivity index (χ1v) is 6.38. The quantitative estimate of drug-likeness (QED) is 0.764. The lowest BCUT2D eigenvalue weighted by molar-refractivity contribution is -0.137. The summed E-state index contributed by atoms with van der Waals surface area (Å²) in [6, 6.07) is 5.59. The lowest BCUT2D eigenvalue weighted by Crippen LogP contribution is -2.23. The van der Waals surface area contributed by atoms with E-state index in [1.807, 2.05) is 0 Å². The Labute approximate surface area is 113 Å². The number of rotatable bonds is 3. The molecule has 0 bridgehead atoms. The molecule has 0 unspecified atom stereocenters. The maximum Gasteiger partial charge on any atom is 0.416 e. The molecule has 0 amide bonds. The standard InChI is InChI=1S/C13H13BrF3N/c1-3-12(4-2,8-18)10-7-9(13(15,16)17)5-6-11(10)14/h5-7H,3-4H2,1-2H3. The van der Waals surface area contributed by atoms with Crippen LogP contribution in [0.3, 0.4) is 0 Å². The molecule has 0 heterocycles. The van der Waals surface area contributed by atoms with Crippen LogP contribution in [-0.2, 0) is 11.6 Å². The zero-order valence-corrected chi connectivity index (χ0v) is 11.7. The van der Waals surface area contributed by atoms with Crippen molar-refractivity contribution in [3.63, 3.8) is 0 Å². The largest absolute Gasteiger partial charge is 0.416 e. The molecular weight excluding hydrogens is 307 g/mol. The van der Waals surface area contributed by atoms with Crippen LogP contribution in [-0.4, -0.2) is 0 Å². The third-order valence-corrected chi connectivity index (χ3v) is 3.92. The van der Waals surface area contributed by atoms with Gasteiger partial charge in [-0.05, 0) is 36.6 Å². The molecule has 1 rings (SSSR count). The highest BCUT2D eigenvalue weighted by molar-refractivity contribution is 9.10. The van der Waals surface area contributed by atoms with Crippen LogP contribution in [0.4, 0.5) is 13.2 Å². The number of nitrogens with zero attached hydrogens (tertiary/aromatic N) is 1. The lowest BCUT2D eigenvalue weighted by atomic mass is 9.77. The van der Waals surface area contributed by atoms with Crippen LogP contribution >= 0.6 is 15.9 Å².